The van der Waals surface area contributed by atoms with Crippen LogP contribution in [-0.2, 0) is 0 Å². The Kier molecular flexibility index (Phi) is 2.95. The van der Waals surface area contributed by atoms with Gasteiger partial charge in [0.15, 0.2) is 12.2 Å². The Bertz CT molecular complexity index is 724. The number of carbonyl (C=O) groups is 1. The van der Waals surface area contributed by atoms with Crippen molar-refractivity contribution in [3.63, 3.8) is 0 Å². The van der Waals surface area contributed by atoms with Crippen LogP contribution in [0.2, 0.25) is 0 Å². The predicted molar refractivity (Wildman–Crippen MR) is 71.6 cm³/mol. The lowest BCUT2D eigenvalue weighted by molar-refractivity contribution is 0.0203. The van der Waals surface area contributed by atoms with Crippen molar-refractivity contribution in [1.29, 1.82) is 0 Å². The molecule has 21 heavy (non-hydrogen) atoms. The third-order valence-electron chi connectivity index (χ3n) is 3.37. The van der Waals surface area contributed by atoms with Crippen LogP contribution in [0.25, 0.3) is 0 Å². The van der Waals surface area contributed by atoms with Gasteiger partial charge in [-0.15, -0.1) is 0 Å². The zero-order valence-corrected chi connectivity index (χ0v) is 10.7. The van der Waals surface area contributed by atoms with Crippen molar-refractivity contribution in [2.24, 2.45) is 0 Å². The van der Waals surface area contributed by atoms with Gasteiger partial charge in [0.2, 0.25) is 5.78 Å². The SMILES string of the molecule is O=C1c2c(O)cc(O)cc2OC(c2ccccc2O)[C@H]1O. The van der Waals surface area contributed by atoms with Gasteiger partial charge in [-0.05, 0) is 6.07 Å². The fourth-order valence-corrected chi connectivity index (χ4v) is 2.38. The van der Waals surface area contributed by atoms with Crippen LogP contribution in [0.15, 0.2) is 36.4 Å². The number of para-hydroxylation sites is 1. The van der Waals surface area contributed by atoms with Gasteiger partial charge < -0.3 is 25.2 Å². The molecule has 108 valence electrons. The Morgan fingerprint density at radius 2 is 1.71 bits per heavy atom. The molecule has 0 saturated carbocycles. The molecule has 6 heteroatoms. The molecule has 0 bridgehead atoms. The first-order valence-corrected chi connectivity index (χ1v) is 6.22. The van der Waals surface area contributed by atoms with E-state index in [1.54, 1.807) is 12.1 Å². The number of ketones is 1. The molecule has 6 nitrogen and oxygen atoms in total. The molecule has 2 atom stereocenters. The van der Waals surface area contributed by atoms with E-state index < -0.39 is 23.7 Å². The molecule has 0 saturated heterocycles. The van der Waals surface area contributed by atoms with E-state index in [0.717, 1.165) is 6.07 Å². The highest BCUT2D eigenvalue weighted by atomic mass is 16.5. The summed E-state index contributed by atoms with van der Waals surface area (Å²) >= 11 is 0. The summed E-state index contributed by atoms with van der Waals surface area (Å²) in [7, 11) is 0. The summed E-state index contributed by atoms with van der Waals surface area (Å²) < 4.78 is 5.49. The number of fused-ring (bicyclic) bond motifs is 1. The molecule has 1 aliphatic rings. The van der Waals surface area contributed by atoms with Gasteiger partial charge in [0.05, 0.1) is 0 Å². The molecule has 1 unspecified atom stereocenters. The molecule has 2 aromatic rings. The van der Waals surface area contributed by atoms with Crippen LogP contribution in [0.3, 0.4) is 0 Å². The first-order valence-electron chi connectivity index (χ1n) is 6.22. The van der Waals surface area contributed by atoms with Gasteiger partial charge >= 0.3 is 0 Å². The molecule has 0 fully saturated rings. The smallest absolute Gasteiger partial charge is 0.202 e. The zero-order chi connectivity index (χ0) is 15.1. The lowest BCUT2D eigenvalue weighted by atomic mass is 9.92. The first kappa shape index (κ1) is 13.3. The summed E-state index contributed by atoms with van der Waals surface area (Å²) in [6.07, 6.45) is -2.69. The van der Waals surface area contributed by atoms with E-state index in [4.69, 9.17) is 4.74 Å². The molecular formula is C15H12O6. The van der Waals surface area contributed by atoms with E-state index in [-0.39, 0.29) is 28.4 Å². The van der Waals surface area contributed by atoms with E-state index in [1.165, 1.54) is 18.2 Å². The third-order valence-corrected chi connectivity index (χ3v) is 3.37. The van der Waals surface area contributed by atoms with Crippen LogP contribution in [0, 0.1) is 0 Å². The lowest BCUT2D eigenvalue weighted by Crippen LogP contribution is -2.36. The molecule has 3 rings (SSSR count). The van der Waals surface area contributed by atoms with Crippen LogP contribution in [-0.4, -0.2) is 32.3 Å². The number of carbonyl (C=O) groups excluding carboxylic acids is 1. The lowest BCUT2D eigenvalue weighted by Gasteiger charge is -2.30. The van der Waals surface area contributed by atoms with Crippen LogP contribution in [0.4, 0.5) is 0 Å². The van der Waals surface area contributed by atoms with E-state index in [0.29, 0.717) is 0 Å². The Morgan fingerprint density at radius 3 is 2.43 bits per heavy atom. The fraction of sp³-hybridized carbons (Fsp3) is 0.133. The zero-order valence-electron chi connectivity index (χ0n) is 10.7. The number of ether oxygens (including phenoxy) is 1. The molecule has 1 heterocycles. The number of aliphatic hydroxyl groups is 1. The van der Waals surface area contributed by atoms with Crippen LogP contribution in [0.5, 0.6) is 23.0 Å². The number of rotatable bonds is 1. The minimum atomic E-state index is -1.57. The number of Topliss-reactive ketones (excluding diaryl/α,β-unsaturated/α-hetero) is 1. The number of hydrogen-bond acceptors (Lipinski definition) is 6. The van der Waals surface area contributed by atoms with Crippen LogP contribution >= 0.6 is 0 Å². The van der Waals surface area contributed by atoms with Crippen LogP contribution in [0.1, 0.15) is 22.0 Å². The number of phenolic OH excluding ortho intramolecular Hbond substituents is 3. The highest BCUT2D eigenvalue weighted by Crippen LogP contribution is 2.43. The molecule has 0 spiro atoms. The van der Waals surface area contributed by atoms with Gasteiger partial charge in [0, 0.05) is 17.7 Å². The number of aliphatic hydroxyl groups excluding tert-OH is 1. The van der Waals surface area contributed by atoms with Crippen LogP contribution < -0.4 is 4.74 Å². The second kappa shape index (κ2) is 4.68. The maximum atomic E-state index is 12.2. The third kappa shape index (κ3) is 2.05. The number of hydrogen-bond donors (Lipinski definition) is 4. The predicted octanol–water partition coefficient (Wildman–Crippen LogP) is 1.48. The summed E-state index contributed by atoms with van der Waals surface area (Å²) in [5, 5.41) is 39.1. The molecular weight excluding hydrogens is 276 g/mol. The maximum Gasteiger partial charge on any atom is 0.202 e. The number of aromatic hydroxyl groups is 3. The monoisotopic (exact) mass is 288 g/mol. The summed E-state index contributed by atoms with van der Waals surface area (Å²) in [5.74, 6) is -1.64. The molecule has 2 aromatic carbocycles. The molecule has 0 amide bonds. The van der Waals surface area contributed by atoms with Crippen molar-refractivity contribution in [2.45, 2.75) is 12.2 Å². The van der Waals surface area contributed by atoms with Crippen molar-refractivity contribution < 1.29 is 30.0 Å². The second-order valence-corrected chi connectivity index (χ2v) is 4.74. The van der Waals surface area contributed by atoms with Gasteiger partial charge in [-0.3, -0.25) is 4.79 Å². The molecule has 4 N–H and O–H groups in total. The summed E-state index contributed by atoms with van der Waals surface area (Å²) in [6.45, 7) is 0. The summed E-state index contributed by atoms with van der Waals surface area (Å²) in [5.41, 5.74) is 0.0544. The van der Waals surface area contributed by atoms with Gasteiger partial charge in [0.1, 0.15) is 28.6 Å². The highest BCUT2D eigenvalue weighted by molar-refractivity contribution is 6.05. The number of phenols is 3. The Labute approximate surface area is 119 Å². The number of benzene rings is 2. The average Bonchev–Trinajstić information content (AvgIpc) is 2.43. The van der Waals surface area contributed by atoms with Crippen molar-refractivity contribution in [2.75, 3.05) is 0 Å². The van der Waals surface area contributed by atoms with Crippen molar-refractivity contribution in [1.82, 2.24) is 0 Å². The standard InChI is InChI=1S/C15H12O6/c16-7-5-10(18)12-11(6-7)21-15(14(20)13(12)19)8-3-1-2-4-9(8)17/h1-6,14-18,20H/t14-,15?/m0/s1. The van der Waals surface area contributed by atoms with Crippen molar-refractivity contribution in [3.05, 3.63) is 47.5 Å². The molecule has 0 aromatic heterocycles. The van der Waals surface area contributed by atoms with Gasteiger partial charge in [0.25, 0.3) is 0 Å². The minimum absolute atomic E-state index is 0.0453. The maximum absolute atomic E-state index is 12.2. The van der Waals surface area contributed by atoms with E-state index >= 15 is 0 Å². The quantitative estimate of drug-likeness (QED) is 0.633. The molecule has 1 aliphatic heterocycles. The fourth-order valence-electron chi connectivity index (χ4n) is 2.38. The van der Waals surface area contributed by atoms with Gasteiger partial charge in [-0.1, -0.05) is 18.2 Å². The topological polar surface area (TPSA) is 107 Å². The van der Waals surface area contributed by atoms with Crippen molar-refractivity contribution >= 4 is 5.78 Å². The Morgan fingerprint density at radius 1 is 1.00 bits per heavy atom. The van der Waals surface area contributed by atoms with E-state index in [9.17, 15) is 25.2 Å². The largest absolute Gasteiger partial charge is 0.508 e. The Hall–Kier alpha value is -2.73. The first-order chi connectivity index (χ1) is 9.99. The molecule has 0 aliphatic carbocycles. The Balaban J connectivity index is 2.12. The highest BCUT2D eigenvalue weighted by Gasteiger charge is 2.40. The van der Waals surface area contributed by atoms with Gasteiger partial charge in [-0.25, -0.2) is 0 Å². The summed E-state index contributed by atoms with van der Waals surface area (Å²) in [4.78, 5) is 12.2. The second-order valence-electron chi connectivity index (χ2n) is 4.74. The van der Waals surface area contributed by atoms with E-state index in [2.05, 4.69) is 0 Å². The summed E-state index contributed by atoms with van der Waals surface area (Å²) in [6, 6.07) is 8.32. The van der Waals surface area contributed by atoms with Crippen molar-refractivity contribution in [3.8, 4) is 23.0 Å². The molecule has 0 radical (unpaired) electrons. The average molecular weight is 288 g/mol. The normalized spacial score (nSPS) is 20.7. The van der Waals surface area contributed by atoms with Gasteiger partial charge in [-0.2, -0.15) is 0 Å². The van der Waals surface area contributed by atoms with E-state index in [1.807, 2.05) is 0 Å². The minimum Gasteiger partial charge on any atom is -0.508 e.